The predicted molar refractivity (Wildman–Crippen MR) is 80.8 cm³/mol. The number of nitrogens with zero attached hydrogens (tertiary/aromatic N) is 2. The molecular formula is C14H28N2O3S. The Kier molecular flexibility index (Phi) is 5.10. The summed E-state index contributed by atoms with van der Waals surface area (Å²) in [5.41, 5.74) is 0. The molecule has 0 aromatic heterocycles. The lowest BCUT2D eigenvalue weighted by molar-refractivity contribution is -0.0204. The van der Waals surface area contributed by atoms with E-state index in [1.54, 1.807) is 0 Å². The lowest BCUT2D eigenvalue weighted by atomic mass is 10.1. The Morgan fingerprint density at radius 3 is 2.55 bits per heavy atom. The first-order chi connectivity index (χ1) is 9.30. The van der Waals surface area contributed by atoms with Crippen LogP contribution in [0.25, 0.3) is 0 Å². The summed E-state index contributed by atoms with van der Waals surface area (Å²) in [6.45, 7) is 12.1. The predicted octanol–water partition coefficient (Wildman–Crippen LogP) is 0.606. The standard InChI is InChI=1S/C14H28N2O3S/c1-13-12-16(8-10-19-13)7-6-15-5-4-14(2,3)20(17,18)11-9-15/h13H,4-12H2,1-3H3. The molecular weight excluding hydrogens is 276 g/mol. The van der Waals surface area contributed by atoms with E-state index in [4.69, 9.17) is 4.74 Å². The van der Waals surface area contributed by atoms with E-state index in [1.807, 2.05) is 13.8 Å². The molecule has 0 aliphatic carbocycles. The van der Waals surface area contributed by atoms with E-state index in [0.717, 1.165) is 45.8 Å². The summed E-state index contributed by atoms with van der Waals surface area (Å²) >= 11 is 0. The fourth-order valence-electron chi connectivity index (χ4n) is 2.82. The van der Waals surface area contributed by atoms with Gasteiger partial charge in [0.15, 0.2) is 9.84 Å². The molecule has 0 radical (unpaired) electrons. The van der Waals surface area contributed by atoms with Gasteiger partial charge in [-0.15, -0.1) is 0 Å². The van der Waals surface area contributed by atoms with Gasteiger partial charge in [0.25, 0.3) is 0 Å². The first-order valence-corrected chi connectivity index (χ1v) is 9.24. The normalized spacial score (nSPS) is 31.9. The van der Waals surface area contributed by atoms with Gasteiger partial charge in [0.1, 0.15) is 0 Å². The van der Waals surface area contributed by atoms with Crippen molar-refractivity contribution in [2.45, 2.75) is 38.0 Å². The number of hydrogen-bond donors (Lipinski definition) is 0. The second kappa shape index (κ2) is 6.30. The van der Waals surface area contributed by atoms with Crippen LogP contribution in [-0.2, 0) is 14.6 Å². The van der Waals surface area contributed by atoms with Gasteiger partial charge in [-0.3, -0.25) is 4.90 Å². The molecule has 0 saturated carbocycles. The van der Waals surface area contributed by atoms with Crippen molar-refractivity contribution < 1.29 is 13.2 Å². The minimum Gasteiger partial charge on any atom is -0.376 e. The van der Waals surface area contributed by atoms with Crippen molar-refractivity contribution in [2.24, 2.45) is 0 Å². The summed E-state index contributed by atoms with van der Waals surface area (Å²) in [4.78, 5) is 4.71. The third-order valence-corrected chi connectivity index (χ3v) is 7.21. The molecule has 0 aromatic rings. The highest BCUT2D eigenvalue weighted by atomic mass is 32.2. The van der Waals surface area contributed by atoms with Crippen molar-refractivity contribution in [1.29, 1.82) is 0 Å². The molecule has 2 fully saturated rings. The molecule has 1 atom stereocenters. The van der Waals surface area contributed by atoms with E-state index in [2.05, 4.69) is 16.7 Å². The number of rotatable bonds is 3. The fourth-order valence-corrected chi connectivity index (χ4v) is 4.27. The number of morpholine rings is 1. The molecule has 2 aliphatic rings. The second-order valence-electron chi connectivity index (χ2n) is 6.65. The van der Waals surface area contributed by atoms with Crippen LogP contribution in [-0.4, -0.2) is 80.7 Å². The largest absolute Gasteiger partial charge is 0.376 e. The molecule has 0 aromatic carbocycles. The van der Waals surface area contributed by atoms with Gasteiger partial charge in [0, 0.05) is 32.7 Å². The molecule has 2 aliphatic heterocycles. The van der Waals surface area contributed by atoms with Gasteiger partial charge in [-0.1, -0.05) is 0 Å². The van der Waals surface area contributed by atoms with Gasteiger partial charge in [-0.2, -0.15) is 0 Å². The monoisotopic (exact) mass is 304 g/mol. The molecule has 6 heteroatoms. The lowest BCUT2D eigenvalue weighted by Crippen LogP contribution is -2.45. The van der Waals surface area contributed by atoms with Gasteiger partial charge in [-0.25, -0.2) is 8.42 Å². The topological polar surface area (TPSA) is 49.9 Å². The molecule has 2 saturated heterocycles. The van der Waals surface area contributed by atoms with Crippen molar-refractivity contribution >= 4 is 9.84 Å². The molecule has 2 heterocycles. The van der Waals surface area contributed by atoms with Crippen LogP contribution in [0.15, 0.2) is 0 Å². The van der Waals surface area contributed by atoms with Gasteiger partial charge >= 0.3 is 0 Å². The number of ether oxygens (including phenoxy) is 1. The SMILES string of the molecule is CC1CN(CCN2CCC(C)(C)S(=O)(=O)CC2)CCO1. The van der Waals surface area contributed by atoms with E-state index in [1.165, 1.54) is 0 Å². The molecule has 0 amide bonds. The average Bonchev–Trinajstić information content (AvgIpc) is 2.46. The summed E-state index contributed by atoms with van der Waals surface area (Å²) < 4.78 is 29.3. The zero-order chi connectivity index (χ0) is 14.8. The zero-order valence-corrected chi connectivity index (χ0v) is 13.8. The van der Waals surface area contributed by atoms with Gasteiger partial charge in [0.2, 0.25) is 0 Å². The van der Waals surface area contributed by atoms with Gasteiger partial charge in [-0.05, 0) is 33.7 Å². The maximum absolute atomic E-state index is 12.2. The van der Waals surface area contributed by atoms with Gasteiger partial charge < -0.3 is 9.64 Å². The molecule has 0 bridgehead atoms. The van der Waals surface area contributed by atoms with Crippen LogP contribution in [0, 0.1) is 0 Å². The second-order valence-corrected chi connectivity index (χ2v) is 9.40. The lowest BCUT2D eigenvalue weighted by Gasteiger charge is -2.32. The molecule has 5 nitrogen and oxygen atoms in total. The van der Waals surface area contributed by atoms with Crippen LogP contribution in [0.2, 0.25) is 0 Å². The van der Waals surface area contributed by atoms with E-state index >= 15 is 0 Å². The van der Waals surface area contributed by atoms with Crippen molar-refractivity contribution in [3.05, 3.63) is 0 Å². The molecule has 2 rings (SSSR count). The summed E-state index contributed by atoms with van der Waals surface area (Å²) in [5, 5.41) is 0. The molecule has 1 unspecified atom stereocenters. The maximum Gasteiger partial charge on any atom is 0.156 e. The molecule has 0 N–H and O–H groups in total. The third-order valence-electron chi connectivity index (χ3n) is 4.61. The first-order valence-electron chi connectivity index (χ1n) is 7.59. The van der Waals surface area contributed by atoms with Crippen molar-refractivity contribution in [1.82, 2.24) is 9.80 Å². The van der Waals surface area contributed by atoms with Crippen LogP contribution in [0.4, 0.5) is 0 Å². The van der Waals surface area contributed by atoms with E-state index < -0.39 is 14.6 Å². The maximum atomic E-state index is 12.2. The minimum absolute atomic E-state index is 0.291. The number of sulfone groups is 1. The average molecular weight is 304 g/mol. The summed E-state index contributed by atoms with van der Waals surface area (Å²) in [7, 11) is -2.96. The van der Waals surface area contributed by atoms with E-state index in [0.29, 0.717) is 18.4 Å². The Morgan fingerprint density at radius 1 is 1.15 bits per heavy atom. The smallest absolute Gasteiger partial charge is 0.156 e. The zero-order valence-electron chi connectivity index (χ0n) is 13.0. The Balaban J connectivity index is 1.83. The Morgan fingerprint density at radius 2 is 1.85 bits per heavy atom. The Labute approximate surface area is 123 Å². The molecule has 118 valence electrons. The summed E-state index contributed by atoms with van der Waals surface area (Å²) in [6.07, 6.45) is 1.04. The first kappa shape index (κ1) is 16.2. The van der Waals surface area contributed by atoms with Crippen molar-refractivity contribution in [3.63, 3.8) is 0 Å². The van der Waals surface area contributed by atoms with Crippen LogP contribution < -0.4 is 0 Å². The summed E-state index contributed by atoms with van der Waals surface area (Å²) in [5.74, 6) is 0.291. The fraction of sp³-hybridized carbons (Fsp3) is 1.00. The third kappa shape index (κ3) is 3.93. The highest BCUT2D eigenvalue weighted by molar-refractivity contribution is 7.92. The van der Waals surface area contributed by atoms with Gasteiger partial charge in [0.05, 0.1) is 23.2 Å². The molecule has 20 heavy (non-hydrogen) atoms. The van der Waals surface area contributed by atoms with Crippen LogP contribution in [0.1, 0.15) is 27.2 Å². The van der Waals surface area contributed by atoms with Crippen LogP contribution >= 0.6 is 0 Å². The highest BCUT2D eigenvalue weighted by Gasteiger charge is 2.36. The van der Waals surface area contributed by atoms with E-state index in [9.17, 15) is 8.42 Å². The van der Waals surface area contributed by atoms with Crippen molar-refractivity contribution in [2.75, 3.05) is 51.6 Å². The minimum atomic E-state index is -2.96. The molecule has 0 spiro atoms. The quantitative estimate of drug-likeness (QED) is 0.764. The van der Waals surface area contributed by atoms with Crippen LogP contribution in [0.3, 0.4) is 0 Å². The number of hydrogen-bond acceptors (Lipinski definition) is 5. The van der Waals surface area contributed by atoms with Crippen molar-refractivity contribution in [3.8, 4) is 0 Å². The Bertz CT molecular complexity index is 422. The van der Waals surface area contributed by atoms with Crippen LogP contribution in [0.5, 0.6) is 0 Å². The highest BCUT2D eigenvalue weighted by Crippen LogP contribution is 2.25. The summed E-state index contributed by atoms with van der Waals surface area (Å²) in [6, 6.07) is 0. The van der Waals surface area contributed by atoms with E-state index in [-0.39, 0.29) is 0 Å². The Hall–Kier alpha value is -0.170.